The molecule has 0 aromatic carbocycles. The van der Waals surface area contributed by atoms with Gasteiger partial charge in [-0.25, -0.2) is 18.4 Å². The molecule has 0 aliphatic heterocycles. The number of nitrogens with two attached hydrogens (primary N) is 1. The predicted octanol–water partition coefficient (Wildman–Crippen LogP) is 0.946. The van der Waals surface area contributed by atoms with Crippen LogP contribution in [0.1, 0.15) is 0 Å². The van der Waals surface area contributed by atoms with Crippen LogP contribution in [0.25, 0.3) is 4.85 Å². The van der Waals surface area contributed by atoms with Crippen molar-refractivity contribution in [2.24, 2.45) is 5.14 Å². The Hall–Kier alpha value is -0.900. The average molecular weight is 188 g/mol. The maximum atomic E-state index is 10.6. The van der Waals surface area contributed by atoms with Crippen LogP contribution >= 0.6 is 11.3 Å². The molecule has 58 valence electrons. The second-order valence-electron chi connectivity index (χ2n) is 1.75. The molecule has 6 heteroatoms. The molecule has 0 amide bonds. The Morgan fingerprint density at radius 3 is 2.45 bits per heavy atom. The minimum atomic E-state index is -3.62. The zero-order valence-corrected chi connectivity index (χ0v) is 6.95. The van der Waals surface area contributed by atoms with E-state index in [0.29, 0.717) is 5.00 Å². The number of sulfonamides is 1. The van der Waals surface area contributed by atoms with Crippen LogP contribution in [0.5, 0.6) is 0 Å². The van der Waals surface area contributed by atoms with E-state index in [2.05, 4.69) is 4.85 Å². The molecular weight excluding hydrogens is 184 g/mol. The fraction of sp³-hybridized carbons (Fsp3) is 0. The standard InChI is InChI=1S/C5H4N2O2S2/c1-7-4-2-3-5(10-4)11(6,8)9/h2-3H,(H2,6,8,9). The first-order chi connectivity index (χ1) is 5.04. The summed E-state index contributed by atoms with van der Waals surface area (Å²) in [6, 6.07) is 2.75. The Labute approximate surface area is 68.1 Å². The third-order valence-corrected chi connectivity index (χ3v) is 3.38. The van der Waals surface area contributed by atoms with E-state index in [1.54, 1.807) is 0 Å². The zero-order chi connectivity index (χ0) is 8.48. The average Bonchev–Trinajstić information content (AvgIpc) is 2.32. The van der Waals surface area contributed by atoms with E-state index in [9.17, 15) is 8.42 Å². The second-order valence-corrected chi connectivity index (χ2v) is 4.60. The maximum Gasteiger partial charge on any atom is 0.246 e. The fourth-order valence-electron chi connectivity index (χ4n) is 0.523. The smallest absolute Gasteiger partial charge is 0.227 e. The summed E-state index contributed by atoms with van der Waals surface area (Å²) in [5, 5.41) is 5.13. The van der Waals surface area contributed by atoms with Crippen LogP contribution in [0.3, 0.4) is 0 Å². The van der Waals surface area contributed by atoms with E-state index in [1.807, 2.05) is 0 Å². The van der Waals surface area contributed by atoms with Crippen LogP contribution in [0.15, 0.2) is 16.3 Å². The minimum Gasteiger partial charge on any atom is -0.227 e. The SMILES string of the molecule is [C-]#[N+]c1ccc(S(N)(=O)=O)s1. The molecule has 1 rings (SSSR count). The van der Waals surface area contributed by atoms with Crippen LogP contribution in [-0.4, -0.2) is 8.42 Å². The number of hydrogen-bond acceptors (Lipinski definition) is 3. The van der Waals surface area contributed by atoms with Crippen LogP contribution in [-0.2, 0) is 10.0 Å². The molecule has 4 nitrogen and oxygen atoms in total. The van der Waals surface area contributed by atoms with Gasteiger partial charge in [-0.3, -0.25) is 0 Å². The molecule has 0 fully saturated rings. The monoisotopic (exact) mass is 188 g/mol. The first-order valence-electron chi connectivity index (χ1n) is 2.54. The highest BCUT2D eigenvalue weighted by Crippen LogP contribution is 2.26. The van der Waals surface area contributed by atoms with Gasteiger partial charge in [0, 0.05) is 0 Å². The first-order valence-corrected chi connectivity index (χ1v) is 4.90. The summed E-state index contributed by atoms with van der Waals surface area (Å²) in [6.45, 7) is 6.56. The Bertz CT molecular complexity index is 398. The zero-order valence-electron chi connectivity index (χ0n) is 5.31. The van der Waals surface area contributed by atoms with Crippen molar-refractivity contribution in [1.29, 1.82) is 0 Å². The van der Waals surface area contributed by atoms with Gasteiger partial charge in [0.2, 0.25) is 15.0 Å². The van der Waals surface area contributed by atoms with Gasteiger partial charge in [0.15, 0.2) is 0 Å². The lowest BCUT2D eigenvalue weighted by molar-refractivity contribution is 0.600. The van der Waals surface area contributed by atoms with Gasteiger partial charge in [-0.15, -0.1) is 11.3 Å². The highest BCUT2D eigenvalue weighted by Gasteiger charge is 2.09. The van der Waals surface area contributed by atoms with E-state index >= 15 is 0 Å². The third-order valence-electron chi connectivity index (χ3n) is 0.958. The molecule has 0 saturated carbocycles. The Balaban J connectivity index is 3.22. The molecule has 0 aliphatic rings. The molecule has 0 atom stereocenters. The van der Waals surface area contributed by atoms with Gasteiger partial charge in [0.1, 0.15) is 4.21 Å². The molecule has 1 aromatic rings. The van der Waals surface area contributed by atoms with Crippen molar-refractivity contribution in [2.75, 3.05) is 0 Å². The van der Waals surface area contributed by atoms with Gasteiger partial charge >= 0.3 is 0 Å². The summed E-state index contributed by atoms with van der Waals surface area (Å²) < 4.78 is 21.3. The van der Waals surface area contributed by atoms with E-state index in [0.717, 1.165) is 11.3 Å². The Morgan fingerprint density at radius 1 is 1.55 bits per heavy atom. The van der Waals surface area contributed by atoms with Gasteiger partial charge < -0.3 is 0 Å². The largest absolute Gasteiger partial charge is 0.246 e. The molecule has 1 aromatic heterocycles. The summed E-state index contributed by atoms with van der Waals surface area (Å²) >= 11 is 0.873. The van der Waals surface area contributed by atoms with Gasteiger partial charge in [-0.2, -0.15) is 0 Å². The van der Waals surface area contributed by atoms with Crippen molar-refractivity contribution in [2.45, 2.75) is 4.21 Å². The topological polar surface area (TPSA) is 64.5 Å². The van der Waals surface area contributed by atoms with Crippen molar-refractivity contribution in [3.63, 3.8) is 0 Å². The van der Waals surface area contributed by atoms with Crippen molar-refractivity contribution < 1.29 is 8.42 Å². The highest BCUT2D eigenvalue weighted by molar-refractivity contribution is 7.91. The predicted molar refractivity (Wildman–Crippen MR) is 42.0 cm³/mol. The van der Waals surface area contributed by atoms with Crippen molar-refractivity contribution in [3.8, 4) is 0 Å². The normalized spacial score (nSPS) is 10.9. The lowest BCUT2D eigenvalue weighted by Gasteiger charge is -1.87. The lowest BCUT2D eigenvalue weighted by Crippen LogP contribution is -2.09. The number of hydrogen-bond donors (Lipinski definition) is 1. The molecule has 0 radical (unpaired) electrons. The van der Waals surface area contributed by atoms with E-state index < -0.39 is 10.0 Å². The third kappa shape index (κ3) is 1.77. The molecule has 1 heterocycles. The number of thiophene rings is 1. The summed E-state index contributed by atoms with van der Waals surface area (Å²) in [4.78, 5) is 3.05. The molecule has 0 aliphatic carbocycles. The van der Waals surface area contributed by atoms with E-state index in [-0.39, 0.29) is 4.21 Å². The van der Waals surface area contributed by atoms with Crippen LogP contribution in [0, 0.1) is 6.57 Å². The molecule has 0 spiro atoms. The maximum absolute atomic E-state index is 10.6. The molecule has 2 N–H and O–H groups in total. The van der Waals surface area contributed by atoms with Crippen LogP contribution in [0.4, 0.5) is 5.00 Å². The van der Waals surface area contributed by atoms with E-state index in [1.165, 1.54) is 12.1 Å². The number of nitrogens with zero attached hydrogens (tertiary/aromatic N) is 1. The molecule has 0 bridgehead atoms. The summed E-state index contributed by atoms with van der Waals surface area (Å²) in [5.74, 6) is 0. The van der Waals surface area contributed by atoms with Crippen molar-refractivity contribution in [3.05, 3.63) is 23.5 Å². The molecular formula is C5H4N2O2S2. The molecule has 0 unspecified atom stereocenters. The summed E-state index contributed by atoms with van der Waals surface area (Å²) in [7, 11) is -3.62. The molecule has 0 saturated heterocycles. The van der Waals surface area contributed by atoms with Gasteiger partial charge in [0.05, 0.1) is 6.57 Å². The Morgan fingerprint density at radius 2 is 2.18 bits per heavy atom. The van der Waals surface area contributed by atoms with Gasteiger partial charge in [-0.05, 0) is 12.1 Å². The molecule has 11 heavy (non-hydrogen) atoms. The van der Waals surface area contributed by atoms with Crippen molar-refractivity contribution >= 4 is 26.4 Å². The minimum absolute atomic E-state index is 0.0310. The second kappa shape index (κ2) is 2.62. The number of rotatable bonds is 1. The van der Waals surface area contributed by atoms with Crippen LogP contribution < -0.4 is 5.14 Å². The first kappa shape index (κ1) is 8.20. The lowest BCUT2D eigenvalue weighted by atomic mass is 10.6. The quantitative estimate of drug-likeness (QED) is 0.667. The van der Waals surface area contributed by atoms with Crippen molar-refractivity contribution in [1.82, 2.24) is 0 Å². The van der Waals surface area contributed by atoms with Gasteiger partial charge in [-0.1, -0.05) is 0 Å². The number of primary sulfonamides is 1. The van der Waals surface area contributed by atoms with E-state index in [4.69, 9.17) is 11.7 Å². The van der Waals surface area contributed by atoms with Gasteiger partial charge in [0.25, 0.3) is 0 Å². The van der Waals surface area contributed by atoms with Crippen LogP contribution in [0.2, 0.25) is 0 Å². The summed E-state index contributed by atoms with van der Waals surface area (Å²) in [5.41, 5.74) is 0. The highest BCUT2D eigenvalue weighted by atomic mass is 32.2. The fourth-order valence-corrected chi connectivity index (χ4v) is 2.03. The Kier molecular flexibility index (Phi) is 1.95. The summed E-state index contributed by atoms with van der Waals surface area (Å²) in [6.07, 6.45) is 0.